The molecule has 1 saturated heterocycles. The molecule has 1 aliphatic heterocycles. The third kappa shape index (κ3) is 3.43. The third-order valence-electron chi connectivity index (χ3n) is 12.8. The second-order valence-corrected chi connectivity index (χ2v) is 15.0. The lowest BCUT2D eigenvalue weighted by Gasteiger charge is -2.70. The van der Waals surface area contributed by atoms with Crippen molar-refractivity contribution in [2.75, 3.05) is 19.6 Å². The van der Waals surface area contributed by atoms with Gasteiger partial charge in [0.15, 0.2) is 5.76 Å². The molecular weight excluding hydrogens is 458 g/mol. The average Bonchev–Trinajstić information content (AvgIpc) is 3.25. The van der Waals surface area contributed by atoms with Crippen molar-refractivity contribution >= 4 is 5.78 Å². The number of fused-ring (bicyclic) bond motifs is 7. The van der Waals surface area contributed by atoms with Gasteiger partial charge >= 0.3 is 0 Å². The standard InChI is InChI=1S/C33H47NO3/c1-21-23-7-8-26-31(4,24(23)17-25(36)28(21)37)13-15-33(6)27-18-29(2,20-34-16-9-22(35)19-34)10-11-30(27,3)12-14-32(26,33)5/h7-8,17,22,27,35,37H,9-16,18-20H2,1-6H3/t22-,27+,29+,30+,31-,32+,33-/m0/s1. The van der Waals surface area contributed by atoms with Gasteiger partial charge in [0.2, 0.25) is 5.78 Å². The summed E-state index contributed by atoms with van der Waals surface area (Å²) in [4.78, 5) is 15.2. The largest absolute Gasteiger partial charge is 0.504 e. The second-order valence-electron chi connectivity index (χ2n) is 15.0. The predicted octanol–water partition coefficient (Wildman–Crippen LogP) is 6.68. The molecule has 0 aromatic rings. The molecule has 4 nitrogen and oxygen atoms in total. The van der Waals surface area contributed by atoms with Gasteiger partial charge in [-0.25, -0.2) is 0 Å². The molecule has 3 saturated carbocycles. The normalized spacial score (nSPS) is 47.9. The van der Waals surface area contributed by atoms with E-state index in [-0.39, 0.29) is 33.9 Å². The SMILES string of the molecule is CC1=C(O)C(=O)C=C2C1=CC=C1[C@@]2(C)CC[C@@]2(C)[C@@H]3C[C@](C)(CN4CC[C@H](O)C4)CC[C@]3(C)CC[C@]12C. The lowest BCUT2D eigenvalue weighted by Crippen LogP contribution is -2.62. The van der Waals surface area contributed by atoms with Crippen molar-refractivity contribution < 1.29 is 15.0 Å². The average molecular weight is 506 g/mol. The van der Waals surface area contributed by atoms with Crippen LogP contribution < -0.4 is 0 Å². The van der Waals surface area contributed by atoms with E-state index in [9.17, 15) is 15.0 Å². The van der Waals surface area contributed by atoms with Gasteiger partial charge < -0.3 is 15.1 Å². The maximum atomic E-state index is 12.7. The summed E-state index contributed by atoms with van der Waals surface area (Å²) < 4.78 is 0. The van der Waals surface area contributed by atoms with Crippen LogP contribution in [0.2, 0.25) is 0 Å². The summed E-state index contributed by atoms with van der Waals surface area (Å²) in [5, 5.41) is 20.5. The lowest BCUT2D eigenvalue weighted by atomic mass is 9.34. The Bertz CT molecular complexity index is 1180. The third-order valence-corrected chi connectivity index (χ3v) is 12.8. The molecule has 2 N–H and O–H groups in total. The Kier molecular flexibility index (Phi) is 5.50. The summed E-state index contributed by atoms with van der Waals surface area (Å²) in [6.45, 7) is 17.5. The van der Waals surface area contributed by atoms with Crippen molar-refractivity contribution in [2.45, 2.75) is 99.0 Å². The molecule has 6 aliphatic rings. The van der Waals surface area contributed by atoms with Crippen LogP contribution in [0.4, 0.5) is 0 Å². The number of aliphatic hydroxyl groups excluding tert-OH is 2. The van der Waals surface area contributed by atoms with Crippen LogP contribution in [0.15, 0.2) is 46.3 Å². The number of aliphatic hydroxyl groups is 2. The number of carbonyl (C=O) groups excluding carboxylic acids is 1. The van der Waals surface area contributed by atoms with Gasteiger partial charge in [-0.3, -0.25) is 4.79 Å². The lowest BCUT2D eigenvalue weighted by molar-refractivity contribution is -0.163. The molecule has 1 heterocycles. The number of carbonyl (C=O) groups is 1. The Balaban J connectivity index is 1.38. The molecule has 7 atom stereocenters. The number of ketones is 1. The number of hydrogen-bond donors (Lipinski definition) is 2. The molecule has 0 bridgehead atoms. The molecule has 0 radical (unpaired) electrons. The van der Waals surface area contributed by atoms with E-state index in [2.05, 4.69) is 51.7 Å². The maximum Gasteiger partial charge on any atom is 0.220 e. The molecule has 0 aromatic heterocycles. The van der Waals surface area contributed by atoms with E-state index in [4.69, 9.17) is 0 Å². The highest BCUT2D eigenvalue weighted by Gasteiger charge is 2.66. The van der Waals surface area contributed by atoms with Gasteiger partial charge in [-0.15, -0.1) is 0 Å². The zero-order valence-electron chi connectivity index (χ0n) is 23.9. The van der Waals surface area contributed by atoms with E-state index in [0.29, 0.717) is 16.7 Å². The summed E-state index contributed by atoms with van der Waals surface area (Å²) in [6, 6.07) is 0. The quantitative estimate of drug-likeness (QED) is 0.439. The first-order chi connectivity index (χ1) is 17.2. The van der Waals surface area contributed by atoms with Crippen LogP contribution in [0.5, 0.6) is 0 Å². The summed E-state index contributed by atoms with van der Waals surface area (Å²) in [6.07, 6.45) is 15.6. The smallest absolute Gasteiger partial charge is 0.220 e. The molecule has 5 aliphatic carbocycles. The molecule has 0 unspecified atom stereocenters. The van der Waals surface area contributed by atoms with Crippen molar-refractivity contribution in [1.82, 2.24) is 4.90 Å². The van der Waals surface area contributed by atoms with E-state index in [1.165, 1.54) is 44.1 Å². The van der Waals surface area contributed by atoms with Crippen LogP contribution in [0.1, 0.15) is 92.9 Å². The molecular formula is C33H47NO3. The van der Waals surface area contributed by atoms with Crippen LogP contribution in [-0.2, 0) is 4.79 Å². The van der Waals surface area contributed by atoms with Gasteiger partial charge in [-0.1, -0.05) is 52.3 Å². The van der Waals surface area contributed by atoms with Crippen molar-refractivity contribution in [1.29, 1.82) is 0 Å². The molecule has 0 spiro atoms. The molecule has 0 amide bonds. The van der Waals surface area contributed by atoms with E-state index in [1.54, 1.807) is 6.08 Å². The molecule has 4 heteroatoms. The van der Waals surface area contributed by atoms with Crippen molar-refractivity contribution in [3.63, 3.8) is 0 Å². The van der Waals surface area contributed by atoms with Crippen LogP contribution in [0, 0.1) is 33.0 Å². The fourth-order valence-corrected chi connectivity index (χ4v) is 10.2. The zero-order valence-corrected chi connectivity index (χ0v) is 23.9. The van der Waals surface area contributed by atoms with Crippen molar-refractivity contribution in [2.24, 2.45) is 33.0 Å². The second kappa shape index (κ2) is 7.94. The Hall–Kier alpha value is -1.65. The van der Waals surface area contributed by atoms with E-state index in [1.807, 2.05) is 6.92 Å². The van der Waals surface area contributed by atoms with Crippen LogP contribution in [0.3, 0.4) is 0 Å². The van der Waals surface area contributed by atoms with Gasteiger partial charge in [0, 0.05) is 30.6 Å². The minimum atomic E-state index is -0.239. The zero-order chi connectivity index (χ0) is 26.6. The van der Waals surface area contributed by atoms with Crippen LogP contribution in [-0.4, -0.2) is 46.6 Å². The number of allylic oxidation sites excluding steroid dienone is 7. The number of hydrogen-bond acceptors (Lipinski definition) is 4. The Morgan fingerprint density at radius 1 is 1.00 bits per heavy atom. The first-order valence-electron chi connectivity index (χ1n) is 14.8. The number of β-amino-alcohol motifs (C(OH)–C–C–N with tert-alkyl or cyclic N) is 1. The first kappa shape index (κ1) is 25.6. The highest BCUT2D eigenvalue weighted by Crippen LogP contribution is 2.75. The predicted molar refractivity (Wildman–Crippen MR) is 148 cm³/mol. The number of rotatable bonds is 2. The number of nitrogens with zero attached hydrogens (tertiary/aromatic N) is 1. The van der Waals surface area contributed by atoms with Crippen molar-refractivity contribution in [3.05, 3.63) is 46.3 Å². The van der Waals surface area contributed by atoms with E-state index < -0.39 is 0 Å². The monoisotopic (exact) mass is 505 g/mol. The van der Waals surface area contributed by atoms with Crippen LogP contribution >= 0.6 is 0 Å². The molecule has 37 heavy (non-hydrogen) atoms. The summed E-state index contributed by atoms with van der Waals surface area (Å²) in [5.41, 5.74) is 5.22. The Morgan fingerprint density at radius 3 is 2.43 bits per heavy atom. The summed E-state index contributed by atoms with van der Waals surface area (Å²) >= 11 is 0. The molecule has 0 aromatic carbocycles. The van der Waals surface area contributed by atoms with Gasteiger partial charge in [0.25, 0.3) is 0 Å². The van der Waals surface area contributed by atoms with E-state index in [0.717, 1.165) is 49.2 Å². The molecule has 6 rings (SSSR count). The Labute approximate surface area is 223 Å². The fourth-order valence-electron chi connectivity index (χ4n) is 10.2. The number of likely N-dealkylation sites (tertiary alicyclic amines) is 1. The molecule has 202 valence electrons. The Morgan fingerprint density at radius 2 is 1.73 bits per heavy atom. The highest BCUT2D eigenvalue weighted by atomic mass is 16.3. The highest BCUT2D eigenvalue weighted by molar-refractivity contribution is 6.06. The van der Waals surface area contributed by atoms with E-state index >= 15 is 0 Å². The summed E-state index contributed by atoms with van der Waals surface area (Å²) in [5.74, 6) is 0.327. The minimum Gasteiger partial charge on any atom is -0.504 e. The first-order valence-corrected chi connectivity index (χ1v) is 14.8. The minimum absolute atomic E-state index is 0.0787. The topological polar surface area (TPSA) is 60.8 Å². The molecule has 4 fully saturated rings. The fraction of sp³-hybridized carbons (Fsp3) is 0.727. The van der Waals surface area contributed by atoms with Crippen molar-refractivity contribution in [3.8, 4) is 0 Å². The van der Waals surface area contributed by atoms with Gasteiger partial charge in [-0.2, -0.15) is 0 Å². The van der Waals surface area contributed by atoms with Crippen LogP contribution in [0.25, 0.3) is 0 Å². The maximum absolute atomic E-state index is 12.7. The van der Waals surface area contributed by atoms with Gasteiger partial charge in [0.1, 0.15) is 0 Å². The summed E-state index contributed by atoms with van der Waals surface area (Å²) in [7, 11) is 0. The van der Waals surface area contributed by atoms with Gasteiger partial charge in [0.05, 0.1) is 6.10 Å². The van der Waals surface area contributed by atoms with Gasteiger partial charge in [-0.05, 0) is 103 Å².